The third kappa shape index (κ3) is 3.91. The summed E-state index contributed by atoms with van der Waals surface area (Å²) in [6.07, 6.45) is 5.58. The monoisotopic (exact) mass is 470 g/mol. The average molecular weight is 471 g/mol. The zero-order valence-corrected chi connectivity index (χ0v) is 19.6. The highest BCUT2D eigenvalue weighted by molar-refractivity contribution is 5.84. The second-order valence-corrected chi connectivity index (χ2v) is 8.80. The van der Waals surface area contributed by atoms with E-state index in [4.69, 9.17) is 4.74 Å². The number of pyridine rings is 1. The zero-order valence-electron chi connectivity index (χ0n) is 19.6. The van der Waals surface area contributed by atoms with Crippen molar-refractivity contribution < 1.29 is 4.74 Å². The third-order valence-corrected chi connectivity index (χ3v) is 6.43. The molecular weight excluding hydrogens is 444 g/mol. The fraction of sp³-hybridized carbons (Fsp3) is 0.280. The molecule has 0 amide bonds. The van der Waals surface area contributed by atoms with E-state index in [1.54, 1.807) is 17.9 Å². The summed E-state index contributed by atoms with van der Waals surface area (Å²) in [5.74, 6) is 1.49. The van der Waals surface area contributed by atoms with Gasteiger partial charge in [0.05, 0.1) is 0 Å². The quantitative estimate of drug-likeness (QED) is 0.407. The van der Waals surface area contributed by atoms with Gasteiger partial charge in [-0.3, -0.25) is 4.79 Å². The van der Waals surface area contributed by atoms with Crippen LogP contribution >= 0.6 is 0 Å². The second kappa shape index (κ2) is 8.55. The van der Waals surface area contributed by atoms with Crippen molar-refractivity contribution in [2.24, 2.45) is 14.1 Å². The lowest BCUT2D eigenvalue weighted by atomic mass is 10.1. The molecule has 4 aromatic heterocycles. The molecule has 0 aliphatic carbocycles. The van der Waals surface area contributed by atoms with Crippen LogP contribution in [0.25, 0.3) is 27.8 Å². The molecule has 1 aliphatic heterocycles. The minimum absolute atomic E-state index is 0.129. The number of nitrogens with one attached hydrogen (secondary N) is 2. The van der Waals surface area contributed by atoms with Gasteiger partial charge in [-0.2, -0.15) is 9.97 Å². The first kappa shape index (κ1) is 21.4. The molecule has 1 aliphatic rings. The number of nitrogens with zero attached hydrogens (tertiary/aromatic N) is 6. The van der Waals surface area contributed by atoms with Crippen LogP contribution in [-0.4, -0.2) is 48.1 Å². The maximum Gasteiger partial charge on any atom is 0.277 e. The average Bonchev–Trinajstić information content (AvgIpc) is 3.36. The van der Waals surface area contributed by atoms with Crippen molar-refractivity contribution in [2.75, 3.05) is 18.4 Å². The van der Waals surface area contributed by atoms with E-state index in [0.717, 1.165) is 42.5 Å². The van der Waals surface area contributed by atoms with E-state index in [-0.39, 0.29) is 11.7 Å². The standard InChI is InChI=1S/C25H26N8O2/c1-31-13-10-16-14-17(6-7-20(16)31)28-25-27-15-19-23(30-25)33(32(2)24(19)34)21-4-3-5-22(29-21)35-18-8-11-26-12-9-18/h3-7,10,13-15,18,26H,8-9,11-12H2,1-2H3,(H,27,28,30). The van der Waals surface area contributed by atoms with Crippen LogP contribution < -0.4 is 20.9 Å². The van der Waals surface area contributed by atoms with Gasteiger partial charge in [-0.25, -0.2) is 14.3 Å². The van der Waals surface area contributed by atoms with E-state index in [9.17, 15) is 4.79 Å². The summed E-state index contributed by atoms with van der Waals surface area (Å²) in [5.41, 5.74) is 2.29. The lowest BCUT2D eigenvalue weighted by Gasteiger charge is -2.23. The summed E-state index contributed by atoms with van der Waals surface area (Å²) in [7, 11) is 3.71. The van der Waals surface area contributed by atoms with Gasteiger partial charge in [0.25, 0.3) is 5.56 Å². The van der Waals surface area contributed by atoms with Gasteiger partial charge in [-0.15, -0.1) is 0 Å². The van der Waals surface area contributed by atoms with E-state index >= 15 is 0 Å². The Bertz CT molecular complexity index is 1590. The van der Waals surface area contributed by atoms with Crippen molar-refractivity contribution in [1.29, 1.82) is 0 Å². The number of rotatable bonds is 5. The predicted octanol–water partition coefficient (Wildman–Crippen LogP) is 2.88. The van der Waals surface area contributed by atoms with E-state index in [2.05, 4.69) is 36.2 Å². The molecule has 1 aromatic carbocycles. The molecule has 1 fully saturated rings. The van der Waals surface area contributed by atoms with Gasteiger partial charge >= 0.3 is 0 Å². The van der Waals surface area contributed by atoms with Crippen molar-refractivity contribution >= 4 is 33.6 Å². The third-order valence-electron chi connectivity index (χ3n) is 6.43. The van der Waals surface area contributed by atoms with Crippen molar-refractivity contribution in [2.45, 2.75) is 18.9 Å². The Hall–Kier alpha value is -4.18. The molecule has 0 saturated carbocycles. The van der Waals surface area contributed by atoms with E-state index in [0.29, 0.717) is 28.7 Å². The highest BCUT2D eigenvalue weighted by atomic mass is 16.5. The van der Waals surface area contributed by atoms with Crippen LogP contribution in [0.2, 0.25) is 0 Å². The highest BCUT2D eigenvalue weighted by Crippen LogP contribution is 2.23. The molecule has 5 heterocycles. The van der Waals surface area contributed by atoms with Gasteiger partial charge in [0.15, 0.2) is 11.5 Å². The summed E-state index contributed by atoms with van der Waals surface area (Å²) >= 11 is 0. The number of aryl methyl sites for hydroxylation is 1. The van der Waals surface area contributed by atoms with Crippen LogP contribution in [0.5, 0.6) is 5.88 Å². The molecule has 6 rings (SSSR count). The van der Waals surface area contributed by atoms with Crippen LogP contribution in [0.15, 0.2) is 59.7 Å². The molecule has 2 N–H and O–H groups in total. The van der Waals surface area contributed by atoms with Gasteiger partial charge in [0.2, 0.25) is 11.8 Å². The summed E-state index contributed by atoms with van der Waals surface area (Å²) in [6, 6.07) is 13.7. The maximum absolute atomic E-state index is 12.9. The normalized spacial score (nSPS) is 14.6. The first-order valence-electron chi connectivity index (χ1n) is 11.7. The predicted molar refractivity (Wildman–Crippen MR) is 135 cm³/mol. The van der Waals surface area contributed by atoms with Crippen LogP contribution in [-0.2, 0) is 14.1 Å². The SMILES string of the molecule is Cn1ccc2cc(Nc3ncc4c(=O)n(C)n(-c5cccc(OC6CCNCC6)n5)c4n3)ccc21. The fourth-order valence-electron chi connectivity index (χ4n) is 4.57. The lowest BCUT2D eigenvalue weighted by Crippen LogP contribution is -2.34. The minimum atomic E-state index is -0.191. The van der Waals surface area contributed by atoms with Crippen LogP contribution in [0.3, 0.4) is 0 Å². The molecule has 178 valence electrons. The Balaban J connectivity index is 1.36. The zero-order chi connectivity index (χ0) is 23.9. The number of anilines is 2. The number of ether oxygens (including phenoxy) is 1. The van der Waals surface area contributed by atoms with Gasteiger partial charge < -0.3 is 19.9 Å². The van der Waals surface area contributed by atoms with E-state index in [1.807, 2.05) is 49.6 Å². The van der Waals surface area contributed by atoms with Crippen LogP contribution in [0, 0.1) is 0 Å². The summed E-state index contributed by atoms with van der Waals surface area (Å²) in [6.45, 7) is 1.87. The molecule has 5 aromatic rings. The Morgan fingerprint density at radius 1 is 1.09 bits per heavy atom. The molecule has 1 saturated heterocycles. The largest absolute Gasteiger partial charge is 0.474 e. The fourth-order valence-corrected chi connectivity index (χ4v) is 4.57. The van der Waals surface area contributed by atoms with Gasteiger partial charge in [-0.05, 0) is 56.3 Å². The smallest absolute Gasteiger partial charge is 0.277 e. The number of fused-ring (bicyclic) bond motifs is 2. The topological polar surface area (TPSA) is 104 Å². The Morgan fingerprint density at radius 3 is 2.80 bits per heavy atom. The Labute approximate surface area is 201 Å². The number of benzene rings is 1. The maximum atomic E-state index is 12.9. The summed E-state index contributed by atoms with van der Waals surface area (Å²) in [4.78, 5) is 26.7. The minimum Gasteiger partial charge on any atom is -0.474 e. The number of hydrogen-bond acceptors (Lipinski definition) is 7. The number of aromatic nitrogens is 6. The van der Waals surface area contributed by atoms with Gasteiger partial charge in [-0.1, -0.05) is 6.07 Å². The Morgan fingerprint density at radius 2 is 1.94 bits per heavy atom. The first-order valence-corrected chi connectivity index (χ1v) is 11.7. The van der Waals surface area contributed by atoms with Gasteiger partial charge in [0, 0.05) is 49.1 Å². The molecular formula is C25H26N8O2. The number of hydrogen-bond donors (Lipinski definition) is 2. The van der Waals surface area contributed by atoms with Crippen LogP contribution in [0.4, 0.5) is 11.6 Å². The molecule has 0 unspecified atom stereocenters. The summed E-state index contributed by atoms with van der Waals surface area (Å²) < 4.78 is 11.4. The van der Waals surface area contributed by atoms with E-state index < -0.39 is 0 Å². The molecule has 10 nitrogen and oxygen atoms in total. The van der Waals surface area contributed by atoms with Crippen molar-refractivity contribution in [3.05, 3.63) is 65.2 Å². The molecule has 0 atom stereocenters. The summed E-state index contributed by atoms with van der Waals surface area (Å²) in [5, 5.41) is 8.14. The van der Waals surface area contributed by atoms with Crippen molar-refractivity contribution in [1.82, 2.24) is 34.2 Å². The molecule has 35 heavy (non-hydrogen) atoms. The first-order chi connectivity index (χ1) is 17.1. The lowest BCUT2D eigenvalue weighted by molar-refractivity contribution is 0.156. The van der Waals surface area contributed by atoms with Gasteiger partial charge in [0.1, 0.15) is 11.5 Å². The molecule has 10 heteroatoms. The molecule has 0 bridgehead atoms. The highest BCUT2D eigenvalue weighted by Gasteiger charge is 2.18. The van der Waals surface area contributed by atoms with Crippen LogP contribution in [0.1, 0.15) is 12.8 Å². The second-order valence-electron chi connectivity index (χ2n) is 8.80. The van der Waals surface area contributed by atoms with Crippen molar-refractivity contribution in [3.8, 4) is 11.7 Å². The Kier molecular flexibility index (Phi) is 5.22. The molecule has 0 radical (unpaired) electrons. The van der Waals surface area contributed by atoms with E-state index in [1.165, 1.54) is 4.68 Å². The molecule has 0 spiro atoms. The number of piperidine rings is 1. The van der Waals surface area contributed by atoms with Crippen molar-refractivity contribution in [3.63, 3.8) is 0 Å².